The zero-order chi connectivity index (χ0) is 14.1. The van der Waals surface area contributed by atoms with Crippen molar-refractivity contribution >= 4 is 22.2 Å². The van der Waals surface area contributed by atoms with Gasteiger partial charge in [0.25, 0.3) is 11.5 Å². The van der Waals surface area contributed by atoms with Crippen LogP contribution in [0.25, 0.3) is 4.96 Å². The Morgan fingerprint density at radius 3 is 3.15 bits per heavy atom. The second kappa shape index (κ2) is 4.93. The zero-order valence-electron chi connectivity index (χ0n) is 10.6. The summed E-state index contributed by atoms with van der Waals surface area (Å²) < 4.78 is 6.50. The molecule has 0 unspecified atom stereocenters. The van der Waals surface area contributed by atoms with Crippen molar-refractivity contribution in [3.63, 3.8) is 0 Å². The topological polar surface area (TPSA) is 76.6 Å². The molecule has 0 saturated heterocycles. The minimum Gasteiger partial charge on any atom is -0.467 e. The predicted molar refractivity (Wildman–Crippen MR) is 74.0 cm³/mol. The van der Waals surface area contributed by atoms with Gasteiger partial charge in [0.05, 0.1) is 12.8 Å². The van der Waals surface area contributed by atoms with Gasteiger partial charge in [0.2, 0.25) is 0 Å². The van der Waals surface area contributed by atoms with Gasteiger partial charge >= 0.3 is 0 Å². The highest BCUT2D eigenvalue weighted by Crippen LogP contribution is 2.12. The molecule has 3 aromatic rings. The smallest absolute Gasteiger partial charge is 0.271 e. The van der Waals surface area contributed by atoms with E-state index in [4.69, 9.17) is 4.42 Å². The average Bonchev–Trinajstić information content (AvgIpc) is 3.05. The SMILES string of the molecule is Cc1cn2c(=O)c(C(=O)NCc3ccco3)cnc2s1. The summed E-state index contributed by atoms with van der Waals surface area (Å²) in [5, 5.41) is 2.63. The summed E-state index contributed by atoms with van der Waals surface area (Å²) in [5.41, 5.74) is -0.344. The molecular weight excluding hydrogens is 278 g/mol. The van der Waals surface area contributed by atoms with Gasteiger partial charge in [0, 0.05) is 17.3 Å². The lowest BCUT2D eigenvalue weighted by Gasteiger charge is -2.02. The van der Waals surface area contributed by atoms with Crippen molar-refractivity contribution in [3.05, 3.63) is 57.3 Å². The molecule has 102 valence electrons. The van der Waals surface area contributed by atoms with E-state index in [9.17, 15) is 9.59 Å². The Hall–Kier alpha value is -2.41. The fourth-order valence-electron chi connectivity index (χ4n) is 1.83. The van der Waals surface area contributed by atoms with Crippen molar-refractivity contribution in [2.24, 2.45) is 0 Å². The largest absolute Gasteiger partial charge is 0.467 e. The average molecular weight is 289 g/mol. The maximum Gasteiger partial charge on any atom is 0.271 e. The number of aromatic nitrogens is 2. The number of rotatable bonds is 3. The quantitative estimate of drug-likeness (QED) is 0.794. The van der Waals surface area contributed by atoms with Crippen molar-refractivity contribution in [1.29, 1.82) is 0 Å². The minimum atomic E-state index is -0.461. The molecule has 0 atom stereocenters. The lowest BCUT2D eigenvalue weighted by molar-refractivity contribution is 0.0946. The number of carbonyl (C=O) groups excluding carboxylic acids is 1. The number of carbonyl (C=O) groups is 1. The normalized spacial score (nSPS) is 10.8. The Labute approximate surface area is 117 Å². The van der Waals surface area contributed by atoms with Gasteiger partial charge in [0.15, 0.2) is 4.96 Å². The first-order valence-electron chi connectivity index (χ1n) is 5.93. The fraction of sp³-hybridized carbons (Fsp3) is 0.154. The summed E-state index contributed by atoms with van der Waals surface area (Å²) in [7, 11) is 0. The maximum atomic E-state index is 12.2. The Morgan fingerprint density at radius 2 is 2.40 bits per heavy atom. The molecule has 0 aliphatic carbocycles. The number of nitrogens with one attached hydrogen (secondary N) is 1. The summed E-state index contributed by atoms with van der Waals surface area (Å²) in [6.45, 7) is 2.12. The van der Waals surface area contributed by atoms with E-state index in [1.54, 1.807) is 18.3 Å². The molecule has 0 saturated carbocycles. The molecule has 3 rings (SSSR count). The summed E-state index contributed by atoms with van der Waals surface area (Å²) >= 11 is 1.40. The first kappa shape index (κ1) is 12.6. The molecule has 0 bridgehead atoms. The van der Waals surface area contributed by atoms with Gasteiger partial charge in [-0.3, -0.25) is 14.0 Å². The number of amides is 1. The van der Waals surface area contributed by atoms with Gasteiger partial charge in [-0.2, -0.15) is 0 Å². The Kier molecular flexibility index (Phi) is 3.11. The number of hydrogen-bond donors (Lipinski definition) is 1. The van der Waals surface area contributed by atoms with Gasteiger partial charge in [-0.05, 0) is 19.1 Å². The van der Waals surface area contributed by atoms with Crippen molar-refractivity contribution in [1.82, 2.24) is 14.7 Å². The standard InChI is InChI=1S/C13H11N3O3S/c1-8-7-16-12(18)10(6-15-13(16)20-8)11(17)14-5-9-3-2-4-19-9/h2-4,6-7H,5H2,1H3,(H,14,17). The van der Waals surface area contributed by atoms with Crippen molar-refractivity contribution in [2.75, 3.05) is 0 Å². The van der Waals surface area contributed by atoms with Gasteiger partial charge in [-0.25, -0.2) is 4.98 Å². The highest BCUT2D eigenvalue weighted by Gasteiger charge is 2.14. The molecule has 1 amide bonds. The second-order valence-corrected chi connectivity index (χ2v) is 5.45. The van der Waals surface area contributed by atoms with Crippen LogP contribution in [0.5, 0.6) is 0 Å². The fourth-order valence-corrected chi connectivity index (χ4v) is 2.61. The summed E-state index contributed by atoms with van der Waals surface area (Å²) in [4.78, 5) is 29.9. The number of fused-ring (bicyclic) bond motifs is 1. The van der Waals surface area contributed by atoms with Gasteiger partial charge < -0.3 is 9.73 Å². The molecule has 0 radical (unpaired) electrons. The number of hydrogen-bond acceptors (Lipinski definition) is 5. The first-order chi connectivity index (χ1) is 9.65. The van der Waals surface area contributed by atoms with E-state index >= 15 is 0 Å². The molecule has 20 heavy (non-hydrogen) atoms. The van der Waals surface area contributed by atoms with Crippen LogP contribution in [0.15, 0.2) is 40.0 Å². The highest BCUT2D eigenvalue weighted by atomic mass is 32.1. The molecule has 0 spiro atoms. The number of thiazole rings is 1. The lowest BCUT2D eigenvalue weighted by Crippen LogP contribution is -2.30. The molecule has 1 N–H and O–H groups in total. The van der Waals surface area contributed by atoms with E-state index in [-0.39, 0.29) is 17.7 Å². The number of aryl methyl sites for hydroxylation is 1. The zero-order valence-corrected chi connectivity index (χ0v) is 11.4. The minimum absolute atomic E-state index is 0.0202. The molecule has 3 aromatic heterocycles. The van der Waals surface area contributed by atoms with Crippen LogP contribution in [-0.2, 0) is 6.54 Å². The van der Waals surface area contributed by atoms with E-state index in [2.05, 4.69) is 10.3 Å². The van der Waals surface area contributed by atoms with E-state index in [0.717, 1.165) is 4.88 Å². The van der Waals surface area contributed by atoms with Crippen LogP contribution in [0.4, 0.5) is 0 Å². The van der Waals surface area contributed by atoms with Crippen LogP contribution >= 0.6 is 11.3 Å². The lowest BCUT2D eigenvalue weighted by atomic mass is 10.3. The predicted octanol–water partition coefficient (Wildman–Crippen LogP) is 1.59. The Balaban J connectivity index is 1.87. The van der Waals surface area contributed by atoms with Crippen molar-refractivity contribution in [3.8, 4) is 0 Å². The summed E-state index contributed by atoms with van der Waals surface area (Å²) in [6, 6.07) is 3.48. The van der Waals surface area contributed by atoms with Crippen LogP contribution in [0.1, 0.15) is 21.0 Å². The number of nitrogens with zero attached hydrogens (tertiary/aromatic N) is 2. The Morgan fingerprint density at radius 1 is 1.55 bits per heavy atom. The highest BCUT2D eigenvalue weighted by molar-refractivity contribution is 7.16. The van der Waals surface area contributed by atoms with E-state index < -0.39 is 5.91 Å². The molecular formula is C13H11N3O3S. The van der Waals surface area contributed by atoms with Gasteiger partial charge in [-0.1, -0.05) is 0 Å². The van der Waals surface area contributed by atoms with Crippen molar-refractivity contribution < 1.29 is 9.21 Å². The third-order valence-electron chi connectivity index (χ3n) is 2.77. The third kappa shape index (κ3) is 2.23. The van der Waals surface area contributed by atoms with E-state index in [1.165, 1.54) is 28.2 Å². The van der Waals surface area contributed by atoms with Gasteiger partial charge in [-0.15, -0.1) is 11.3 Å². The van der Waals surface area contributed by atoms with Gasteiger partial charge in [0.1, 0.15) is 11.3 Å². The van der Waals surface area contributed by atoms with Crippen LogP contribution in [0, 0.1) is 6.92 Å². The molecule has 0 aliphatic heterocycles. The third-order valence-corrected chi connectivity index (χ3v) is 3.68. The molecule has 7 heteroatoms. The number of furan rings is 1. The molecule has 0 aromatic carbocycles. The van der Waals surface area contributed by atoms with E-state index in [1.807, 2.05) is 6.92 Å². The van der Waals surface area contributed by atoms with Crippen LogP contribution in [-0.4, -0.2) is 15.3 Å². The molecule has 0 aliphatic rings. The van der Waals surface area contributed by atoms with Crippen LogP contribution in [0.3, 0.4) is 0 Å². The molecule has 3 heterocycles. The maximum absolute atomic E-state index is 12.2. The molecule has 0 fully saturated rings. The monoisotopic (exact) mass is 289 g/mol. The van der Waals surface area contributed by atoms with Crippen LogP contribution < -0.4 is 10.9 Å². The summed E-state index contributed by atoms with van der Waals surface area (Å²) in [6.07, 6.45) is 4.52. The first-order valence-corrected chi connectivity index (χ1v) is 6.75. The van der Waals surface area contributed by atoms with Crippen LogP contribution in [0.2, 0.25) is 0 Å². The van der Waals surface area contributed by atoms with E-state index in [0.29, 0.717) is 10.7 Å². The Bertz CT molecular complexity index is 817. The second-order valence-electron chi connectivity index (χ2n) is 4.23. The molecule has 6 nitrogen and oxygen atoms in total. The summed E-state index contributed by atoms with van der Waals surface area (Å²) in [5.74, 6) is 0.163. The van der Waals surface area contributed by atoms with Crippen molar-refractivity contribution in [2.45, 2.75) is 13.5 Å².